The summed E-state index contributed by atoms with van der Waals surface area (Å²) in [5.74, 6) is 5.51. The Morgan fingerprint density at radius 2 is 2.44 bits per heavy atom. The zero-order valence-corrected chi connectivity index (χ0v) is 10.7. The van der Waals surface area contributed by atoms with Crippen molar-refractivity contribution >= 4 is 5.91 Å². The molecule has 0 aliphatic heterocycles. The molecule has 100 valence electrons. The predicted molar refractivity (Wildman–Crippen MR) is 66.5 cm³/mol. The molecule has 18 heavy (non-hydrogen) atoms. The maximum Gasteiger partial charge on any atom is 0.287 e. The highest BCUT2D eigenvalue weighted by molar-refractivity contribution is 5.91. The van der Waals surface area contributed by atoms with Crippen molar-refractivity contribution in [3.63, 3.8) is 0 Å². The number of nitrogen functional groups attached to an aromatic ring is 1. The Morgan fingerprint density at radius 1 is 1.67 bits per heavy atom. The largest absolute Gasteiger partial charge is 0.301 e. The summed E-state index contributed by atoms with van der Waals surface area (Å²) in [4.78, 5) is 13.6. The van der Waals surface area contributed by atoms with E-state index in [1.54, 1.807) is 10.9 Å². The van der Waals surface area contributed by atoms with Gasteiger partial charge in [0.15, 0.2) is 5.69 Å². The SMILES string of the molecule is CCN(CCn1cc(C(=O)NN)nn1)CC1CC1. The molecular formula is C11H20N6O. The van der Waals surface area contributed by atoms with Crippen molar-refractivity contribution in [3.05, 3.63) is 11.9 Å². The Morgan fingerprint density at radius 3 is 3.06 bits per heavy atom. The van der Waals surface area contributed by atoms with Crippen LogP contribution in [0.15, 0.2) is 6.20 Å². The standard InChI is InChI=1S/C11H20N6O/c1-2-16(7-9-3-4-9)5-6-17-8-10(14-15-17)11(18)13-12/h8-9H,2-7,12H2,1H3,(H,13,18). The number of hydrogen-bond donors (Lipinski definition) is 2. The van der Waals surface area contributed by atoms with Crippen LogP contribution in [0.3, 0.4) is 0 Å². The summed E-state index contributed by atoms with van der Waals surface area (Å²) in [6.07, 6.45) is 4.34. The van der Waals surface area contributed by atoms with Crippen LogP contribution in [0.5, 0.6) is 0 Å². The number of carbonyl (C=O) groups excluding carboxylic acids is 1. The van der Waals surface area contributed by atoms with Gasteiger partial charge in [0, 0.05) is 13.1 Å². The highest BCUT2D eigenvalue weighted by atomic mass is 16.2. The van der Waals surface area contributed by atoms with E-state index in [9.17, 15) is 4.79 Å². The van der Waals surface area contributed by atoms with E-state index in [0.29, 0.717) is 0 Å². The van der Waals surface area contributed by atoms with E-state index < -0.39 is 5.91 Å². The van der Waals surface area contributed by atoms with Crippen LogP contribution in [0.1, 0.15) is 30.3 Å². The Bertz CT molecular complexity index is 400. The minimum absolute atomic E-state index is 0.253. The third kappa shape index (κ3) is 3.51. The quantitative estimate of drug-likeness (QED) is 0.392. The van der Waals surface area contributed by atoms with Gasteiger partial charge in [-0.15, -0.1) is 5.10 Å². The lowest BCUT2D eigenvalue weighted by Crippen LogP contribution is -2.30. The van der Waals surface area contributed by atoms with E-state index in [2.05, 4.69) is 22.1 Å². The molecular weight excluding hydrogens is 232 g/mol. The van der Waals surface area contributed by atoms with Gasteiger partial charge in [-0.05, 0) is 25.3 Å². The first-order valence-corrected chi connectivity index (χ1v) is 6.36. The van der Waals surface area contributed by atoms with Crippen molar-refractivity contribution in [2.45, 2.75) is 26.3 Å². The Hall–Kier alpha value is -1.47. The maximum atomic E-state index is 11.2. The Labute approximate surface area is 106 Å². The number of nitrogens with two attached hydrogens (primary N) is 1. The van der Waals surface area contributed by atoms with Crippen molar-refractivity contribution in [3.8, 4) is 0 Å². The van der Waals surface area contributed by atoms with Gasteiger partial charge in [-0.2, -0.15) is 0 Å². The smallest absolute Gasteiger partial charge is 0.287 e. The first-order valence-electron chi connectivity index (χ1n) is 6.36. The number of nitrogens with one attached hydrogen (secondary N) is 1. The summed E-state index contributed by atoms with van der Waals surface area (Å²) >= 11 is 0. The van der Waals surface area contributed by atoms with Crippen LogP contribution in [0.25, 0.3) is 0 Å². The van der Waals surface area contributed by atoms with E-state index in [1.807, 2.05) is 5.43 Å². The second kappa shape index (κ2) is 5.92. The van der Waals surface area contributed by atoms with E-state index >= 15 is 0 Å². The third-order valence-corrected chi connectivity index (χ3v) is 3.21. The van der Waals surface area contributed by atoms with Crippen LogP contribution in [0.2, 0.25) is 0 Å². The zero-order valence-electron chi connectivity index (χ0n) is 10.7. The molecule has 7 heteroatoms. The zero-order chi connectivity index (χ0) is 13.0. The first kappa shape index (κ1) is 13.0. The van der Waals surface area contributed by atoms with E-state index in [-0.39, 0.29) is 5.69 Å². The minimum atomic E-state index is -0.411. The van der Waals surface area contributed by atoms with Crippen molar-refractivity contribution in [2.75, 3.05) is 19.6 Å². The second-order valence-electron chi connectivity index (χ2n) is 4.68. The molecule has 0 spiro atoms. The highest BCUT2D eigenvalue weighted by Crippen LogP contribution is 2.29. The van der Waals surface area contributed by atoms with Gasteiger partial charge in [-0.3, -0.25) is 14.9 Å². The van der Waals surface area contributed by atoms with Crippen molar-refractivity contribution in [2.24, 2.45) is 11.8 Å². The normalized spacial score (nSPS) is 15.1. The number of hydrogen-bond acceptors (Lipinski definition) is 5. The molecule has 1 fully saturated rings. The fourth-order valence-corrected chi connectivity index (χ4v) is 1.87. The molecule has 1 amide bonds. The van der Waals surface area contributed by atoms with Crippen LogP contribution in [0, 0.1) is 5.92 Å². The van der Waals surface area contributed by atoms with E-state index in [1.165, 1.54) is 19.4 Å². The maximum absolute atomic E-state index is 11.2. The topological polar surface area (TPSA) is 89.1 Å². The average Bonchev–Trinajstić information content (AvgIpc) is 3.09. The molecule has 3 N–H and O–H groups in total. The number of amides is 1. The van der Waals surface area contributed by atoms with Gasteiger partial charge in [0.1, 0.15) is 0 Å². The fraction of sp³-hybridized carbons (Fsp3) is 0.727. The number of hydrazine groups is 1. The third-order valence-electron chi connectivity index (χ3n) is 3.21. The molecule has 0 aromatic carbocycles. The van der Waals surface area contributed by atoms with Gasteiger partial charge in [-0.25, -0.2) is 5.84 Å². The van der Waals surface area contributed by atoms with Crippen LogP contribution in [-0.4, -0.2) is 45.4 Å². The van der Waals surface area contributed by atoms with Gasteiger partial charge >= 0.3 is 0 Å². The van der Waals surface area contributed by atoms with E-state index in [0.717, 1.165) is 25.6 Å². The molecule has 1 aromatic heterocycles. The highest BCUT2D eigenvalue weighted by Gasteiger charge is 2.23. The van der Waals surface area contributed by atoms with Crippen molar-refractivity contribution in [1.82, 2.24) is 25.3 Å². The lowest BCUT2D eigenvalue weighted by Gasteiger charge is -2.19. The number of likely N-dealkylation sites (N-methyl/N-ethyl adjacent to an activating group) is 1. The number of rotatable bonds is 7. The van der Waals surface area contributed by atoms with Crippen molar-refractivity contribution < 1.29 is 4.79 Å². The molecule has 1 aliphatic rings. The molecule has 1 saturated carbocycles. The summed E-state index contributed by atoms with van der Waals surface area (Å²) in [7, 11) is 0. The molecule has 2 rings (SSSR count). The number of carbonyl (C=O) groups is 1. The van der Waals surface area contributed by atoms with Gasteiger partial charge in [0.05, 0.1) is 12.7 Å². The summed E-state index contributed by atoms with van der Waals surface area (Å²) in [6.45, 7) is 6.05. The monoisotopic (exact) mass is 252 g/mol. The van der Waals surface area contributed by atoms with Crippen LogP contribution in [-0.2, 0) is 6.54 Å². The summed E-state index contributed by atoms with van der Waals surface area (Å²) in [5, 5.41) is 7.68. The average molecular weight is 252 g/mol. The number of nitrogens with zero attached hydrogens (tertiary/aromatic N) is 4. The van der Waals surface area contributed by atoms with Gasteiger partial charge in [0.2, 0.25) is 0 Å². The van der Waals surface area contributed by atoms with Crippen LogP contribution < -0.4 is 11.3 Å². The molecule has 0 saturated heterocycles. The lowest BCUT2D eigenvalue weighted by molar-refractivity contribution is 0.0948. The summed E-state index contributed by atoms with van der Waals surface area (Å²) in [6, 6.07) is 0. The molecule has 0 bridgehead atoms. The summed E-state index contributed by atoms with van der Waals surface area (Å²) in [5.41, 5.74) is 2.29. The molecule has 1 aliphatic carbocycles. The summed E-state index contributed by atoms with van der Waals surface area (Å²) < 4.78 is 1.68. The molecule has 0 atom stereocenters. The molecule has 0 unspecified atom stereocenters. The Kier molecular flexibility index (Phi) is 4.27. The Balaban J connectivity index is 1.80. The van der Waals surface area contributed by atoms with Crippen LogP contribution >= 0.6 is 0 Å². The number of aromatic nitrogens is 3. The van der Waals surface area contributed by atoms with Gasteiger partial charge < -0.3 is 4.90 Å². The fourth-order valence-electron chi connectivity index (χ4n) is 1.87. The van der Waals surface area contributed by atoms with E-state index in [4.69, 9.17) is 5.84 Å². The van der Waals surface area contributed by atoms with Gasteiger partial charge in [0.25, 0.3) is 5.91 Å². The molecule has 1 heterocycles. The molecule has 1 aromatic rings. The lowest BCUT2D eigenvalue weighted by atomic mass is 10.3. The predicted octanol–water partition coefficient (Wildman–Crippen LogP) is -0.386. The minimum Gasteiger partial charge on any atom is -0.301 e. The molecule has 0 radical (unpaired) electrons. The molecule has 7 nitrogen and oxygen atoms in total. The first-order chi connectivity index (χ1) is 8.72. The van der Waals surface area contributed by atoms with Crippen molar-refractivity contribution in [1.29, 1.82) is 0 Å². The second-order valence-corrected chi connectivity index (χ2v) is 4.68. The van der Waals surface area contributed by atoms with Gasteiger partial charge in [-0.1, -0.05) is 12.1 Å². The van der Waals surface area contributed by atoms with Crippen LogP contribution in [0.4, 0.5) is 0 Å².